The molecule has 1 saturated carbocycles. The van der Waals surface area contributed by atoms with Gasteiger partial charge in [-0.15, -0.1) is 21.5 Å². The largest absolute Gasteiger partial charge is 0.352 e. The molecular formula is C19H28N4OS2. The monoisotopic (exact) mass is 392 g/mol. The van der Waals surface area contributed by atoms with Crippen molar-refractivity contribution in [2.45, 2.75) is 70.0 Å². The van der Waals surface area contributed by atoms with Crippen LogP contribution in [0.2, 0.25) is 0 Å². The molecule has 1 amide bonds. The highest BCUT2D eigenvalue weighted by Gasteiger charge is 2.30. The van der Waals surface area contributed by atoms with Gasteiger partial charge in [0.05, 0.1) is 10.1 Å². The molecule has 1 fully saturated rings. The number of thiophene rings is 1. The highest BCUT2D eigenvalue weighted by Crippen LogP contribution is 2.31. The number of carbonyl (C=O) groups excluding carboxylic acids is 1. The maximum absolute atomic E-state index is 12.7. The summed E-state index contributed by atoms with van der Waals surface area (Å²) in [7, 11) is 0. The van der Waals surface area contributed by atoms with Crippen molar-refractivity contribution in [3.8, 4) is 10.7 Å². The minimum absolute atomic E-state index is 0.101. The predicted octanol–water partition coefficient (Wildman–Crippen LogP) is 4.45. The average Bonchev–Trinajstić information content (AvgIpc) is 3.28. The van der Waals surface area contributed by atoms with Crippen molar-refractivity contribution in [2.24, 2.45) is 11.8 Å². The van der Waals surface area contributed by atoms with Crippen LogP contribution in [-0.2, 0) is 11.3 Å². The topological polar surface area (TPSA) is 59.8 Å². The third kappa shape index (κ3) is 4.14. The Morgan fingerprint density at radius 2 is 2.23 bits per heavy atom. The number of carbonyl (C=O) groups is 1. The lowest BCUT2D eigenvalue weighted by Gasteiger charge is -2.35. The molecule has 4 unspecified atom stereocenters. The first-order valence-electron chi connectivity index (χ1n) is 9.45. The molecule has 2 aromatic rings. The second-order valence-electron chi connectivity index (χ2n) is 7.17. The van der Waals surface area contributed by atoms with Crippen LogP contribution in [0.1, 0.15) is 47.0 Å². The highest BCUT2D eigenvalue weighted by atomic mass is 32.2. The van der Waals surface area contributed by atoms with Gasteiger partial charge in [0.25, 0.3) is 0 Å². The second-order valence-corrected chi connectivity index (χ2v) is 9.43. The molecule has 0 aromatic carbocycles. The lowest BCUT2D eigenvalue weighted by Crippen LogP contribution is -2.46. The Hall–Kier alpha value is -1.34. The Morgan fingerprint density at radius 1 is 1.42 bits per heavy atom. The Labute approximate surface area is 164 Å². The highest BCUT2D eigenvalue weighted by molar-refractivity contribution is 8.00. The fourth-order valence-corrected chi connectivity index (χ4v) is 5.19. The molecule has 0 aliphatic heterocycles. The van der Waals surface area contributed by atoms with E-state index in [1.165, 1.54) is 24.6 Å². The molecule has 0 radical (unpaired) electrons. The third-order valence-electron chi connectivity index (χ3n) is 5.46. The summed E-state index contributed by atoms with van der Waals surface area (Å²) < 4.78 is 2.09. The molecule has 2 heterocycles. The molecule has 5 nitrogen and oxygen atoms in total. The van der Waals surface area contributed by atoms with E-state index in [2.05, 4.69) is 46.9 Å². The Kier molecular flexibility index (Phi) is 6.40. The number of nitrogens with zero attached hydrogens (tertiary/aromatic N) is 3. The first-order chi connectivity index (χ1) is 12.5. The summed E-state index contributed by atoms with van der Waals surface area (Å²) in [6.07, 6.45) is 3.55. The molecule has 3 rings (SSSR count). The zero-order valence-corrected chi connectivity index (χ0v) is 17.6. The maximum atomic E-state index is 12.7. The molecule has 1 aliphatic rings. The van der Waals surface area contributed by atoms with Gasteiger partial charge in [-0.25, -0.2) is 0 Å². The quantitative estimate of drug-likeness (QED) is 0.738. The van der Waals surface area contributed by atoms with Gasteiger partial charge in [0.15, 0.2) is 11.0 Å². The van der Waals surface area contributed by atoms with Gasteiger partial charge in [-0.1, -0.05) is 44.5 Å². The van der Waals surface area contributed by atoms with Crippen LogP contribution in [-0.4, -0.2) is 32.0 Å². The number of aromatic nitrogens is 3. The smallest absolute Gasteiger partial charge is 0.233 e. The van der Waals surface area contributed by atoms with Crippen molar-refractivity contribution >= 4 is 29.0 Å². The van der Waals surface area contributed by atoms with Gasteiger partial charge in [-0.3, -0.25) is 4.79 Å². The van der Waals surface area contributed by atoms with Gasteiger partial charge in [0, 0.05) is 12.6 Å². The van der Waals surface area contributed by atoms with Crippen LogP contribution in [0, 0.1) is 11.8 Å². The summed E-state index contributed by atoms with van der Waals surface area (Å²) in [6, 6.07) is 4.36. The van der Waals surface area contributed by atoms with E-state index in [1.54, 1.807) is 11.3 Å². The molecule has 26 heavy (non-hydrogen) atoms. The van der Waals surface area contributed by atoms with Gasteiger partial charge in [0.2, 0.25) is 5.91 Å². The SMILES string of the molecule is CCn1c(SC(C)C(=O)NC2CCCC(C)C2C)nnc1-c1cccs1. The summed E-state index contributed by atoms with van der Waals surface area (Å²) in [5.41, 5.74) is 0. The van der Waals surface area contributed by atoms with E-state index in [4.69, 9.17) is 0 Å². The number of hydrogen-bond acceptors (Lipinski definition) is 5. The third-order valence-corrected chi connectivity index (χ3v) is 7.41. The van der Waals surface area contributed by atoms with Gasteiger partial charge < -0.3 is 9.88 Å². The number of hydrogen-bond donors (Lipinski definition) is 1. The number of rotatable bonds is 6. The lowest BCUT2D eigenvalue weighted by atomic mass is 9.78. The second kappa shape index (κ2) is 8.57. The predicted molar refractivity (Wildman–Crippen MR) is 108 cm³/mol. The van der Waals surface area contributed by atoms with Crippen molar-refractivity contribution in [3.63, 3.8) is 0 Å². The normalized spacial score (nSPS) is 24.4. The summed E-state index contributed by atoms with van der Waals surface area (Å²) in [5, 5.41) is 14.6. The van der Waals surface area contributed by atoms with E-state index in [9.17, 15) is 4.79 Å². The van der Waals surface area contributed by atoms with Crippen molar-refractivity contribution < 1.29 is 4.79 Å². The Morgan fingerprint density at radius 3 is 2.92 bits per heavy atom. The van der Waals surface area contributed by atoms with Crippen LogP contribution >= 0.6 is 23.1 Å². The minimum Gasteiger partial charge on any atom is -0.352 e. The Bertz CT molecular complexity index is 728. The fourth-order valence-electron chi connectivity index (χ4n) is 3.55. The summed E-state index contributed by atoms with van der Waals surface area (Å²) >= 11 is 3.15. The summed E-state index contributed by atoms with van der Waals surface area (Å²) in [5.74, 6) is 2.19. The zero-order chi connectivity index (χ0) is 18.7. The van der Waals surface area contributed by atoms with Crippen LogP contribution in [0.25, 0.3) is 10.7 Å². The standard InChI is InChI=1S/C19H28N4OS2/c1-5-23-17(16-10-7-11-25-16)21-22-19(23)26-14(4)18(24)20-15-9-6-8-12(2)13(15)3/h7,10-15H,5-6,8-9H2,1-4H3,(H,20,24). The average molecular weight is 393 g/mol. The molecule has 4 atom stereocenters. The van der Waals surface area contributed by atoms with Gasteiger partial charge in [0.1, 0.15) is 0 Å². The first-order valence-corrected chi connectivity index (χ1v) is 11.2. The van der Waals surface area contributed by atoms with Crippen molar-refractivity contribution in [3.05, 3.63) is 17.5 Å². The Balaban J connectivity index is 1.66. The lowest BCUT2D eigenvalue weighted by molar-refractivity contribution is -0.121. The van der Waals surface area contributed by atoms with Crippen molar-refractivity contribution in [1.29, 1.82) is 0 Å². The van der Waals surface area contributed by atoms with Crippen LogP contribution < -0.4 is 5.32 Å². The molecule has 1 N–H and O–H groups in total. The van der Waals surface area contributed by atoms with E-state index in [0.29, 0.717) is 17.9 Å². The van der Waals surface area contributed by atoms with E-state index in [0.717, 1.165) is 28.8 Å². The van der Waals surface area contributed by atoms with E-state index < -0.39 is 0 Å². The number of thioether (sulfide) groups is 1. The molecular weight excluding hydrogens is 364 g/mol. The van der Waals surface area contributed by atoms with E-state index >= 15 is 0 Å². The molecule has 0 spiro atoms. The molecule has 0 saturated heterocycles. The fraction of sp³-hybridized carbons (Fsp3) is 0.632. The van der Waals surface area contributed by atoms with Crippen LogP contribution in [0.5, 0.6) is 0 Å². The van der Waals surface area contributed by atoms with Crippen molar-refractivity contribution in [2.75, 3.05) is 0 Å². The zero-order valence-electron chi connectivity index (χ0n) is 15.9. The molecule has 0 bridgehead atoms. The van der Waals surface area contributed by atoms with Gasteiger partial charge >= 0.3 is 0 Å². The molecule has 7 heteroatoms. The summed E-state index contributed by atoms with van der Waals surface area (Å²) in [6.45, 7) is 9.37. The minimum atomic E-state index is -0.190. The van der Waals surface area contributed by atoms with E-state index in [1.807, 2.05) is 18.4 Å². The van der Waals surface area contributed by atoms with Crippen LogP contribution in [0.4, 0.5) is 0 Å². The molecule has 142 valence electrons. The first kappa shape index (κ1) is 19.4. The summed E-state index contributed by atoms with van der Waals surface area (Å²) in [4.78, 5) is 13.8. The van der Waals surface area contributed by atoms with Crippen molar-refractivity contribution in [1.82, 2.24) is 20.1 Å². The van der Waals surface area contributed by atoms with Gasteiger partial charge in [-0.2, -0.15) is 0 Å². The number of amides is 1. The van der Waals surface area contributed by atoms with Crippen LogP contribution in [0.15, 0.2) is 22.7 Å². The van der Waals surface area contributed by atoms with E-state index in [-0.39, 0.29) is 11.2 Å². The molecule has 1 aliphatic carbocycles. The molecule has 2 aromatic heterocycles. The van der Waals surface area contributed by atoms with Crippen LogP contribution in [0.3, 0.4) is 0 Å². The maximum Gasteiger partial charge on any atom is 0.233 e. The van der Waals surface area contributed by atoms with Gasteiger partial charge in [-0.05, 0) is 43.6 Å². The number of nitrogens with one attached hydrogen (secondary N) is 1.